The van der Waals surface area contributed by atoms with Crippen molar-refractivity contribution in [1.82, 2.24) is 10.6 Å². The Morgan fingerprint density at radius 2 is 2.06 bits per heavy atom. The summed E-state index contributed by atoms with van der Waals surface area (Å²) in [5.41, 5.74) is 6.13. The molecule has 0 radical (unpaired) electrons. The summed E-state index contributed by atoms with van der Waals surface area (Å²) in [7, 11) is 0. The average Bonchev–Trinajstić information content (AvgIpc) is 2.12. The van der Waals surface area contributed by atoms with Crippen LogP contribution in [-0.2, 0) is 0 Å². The number of rotatable bonds is 4. The van der Waals surface area contributed by atoms with Gasteiger partial charge in [0.1, 0.15) is 0 Å². The topological polar surface area (TPSA) is 74.8 Å². The highest BCUT2D eigenvalue weighted by molar-refractivity contribution is 5.92. The average molecular weight is 225 g/mol. The molecule has 0 aromatic rings. The van der Waals surface area contributed by atoms with Crippen LogP contribution in [0.1, 0.15) is 34.1 Å². The molecule has 16 heavy (non-hydrogen) atoms. The number of guanidine groups is 1. The van der Waals surface area contributed by atoms with E-state index >= 15 is 0 Å². The Morgan fingerprint density at radius 1 is 1.38 bits per heavy atom. The van der Waals surface area contributed by atoms with E-state index in [-0.39, 0.29) is 0 Å². The van der Waals surface area contributed by atoms with E-state index in [1.165, 1.54) is 0 Å². The lowest BCUT2D eigenvalue weighted by molar-refractivity contribution is 0.323. The second kappa shape index (κ2) is 5.30. The summed E-state index contributed by atoms with van der Waals surface area (Å²) < 4.78 is 0. The SMILES string of the molecule is CC(C)CN=C1NC=NC(N)(CC(C)C)N1. The molecule has 0 saturated heterocycles. The van der Waals surface area contributed by atoms with E-state index < -0.39 is 5.79 Å². The van der Waals surface area contributed by atoms with Crippen molar-refractivity contribution in [2.45, 2.75) is 39.9 Å². The van der Waals surface area contributed by atoms with Crippen LogP contribution in [0.15, 0.2) is 9.98 Å². The first-order chi connectivity index (χ1) is 7.41. The van der Waals surface area contributed by atoms with Gasteiger partial charge >= 0.3 is 0 Å². The van der Waals surface area contributed by atoms with Gasteiger partial charge in [-0.15, -0.1) is 0 Å². The normalized spacial score (nSPS) is 27.3. The monoisotopic (exact) mass is 225 g/mol. The van der Waals surface area contributed by atoms with Crippen LogP contribution in [0.25, 0.3) is 0 Å². The molecule has 0 aliphatic carbocycles. The summed E-state index contributed by atoms with van der Waals surface area (Å²) >= 11 is 0. The molecular weight excluding hydrogens is 202 g/mol. The molecule has 0 aromatic heterocycles. The van der Waals surface area contributed by atoms with E-state index in [0.29, 0.717) is 17.8 Å². The van der Waals surface area contributed by atoms with Crippen molar-refractivity contribution in [3.05, 3.63) is 0 Å². The molecule has 5 nitrogen and oxygen atoms in total. The van der Waals surface area contributed by atoms with Crippen LogP contribution in [0, 0.1) is 11.8 Å². The second-order valence-corrected chi connectivity index (χ2v) is 5.13. The van der Waals surface area contributed by atoms with Crippen molar-refractivity contribution < 1.29 is 0 Å². The molecule has 4 N–H and O–H groups in total. The fourth-order valence-corrected chi connectivity index (χ4v) is 1.57. The maximum absolute atomic E-state index is 6.13. The van der Waals surface area contributed by atoms with Gasteiger partial charge < -0.3 is 10.6 Å². The quantitative estimate of drug-likeness (QED) is 0.665. The summed E-state index contributed by atoms with van der Waals surface area (Å²) in [6, 6.07) is 0. The Balaban J connectivity index is 2.62. The minimum atomic E-state index is -0.713. The first-order valence-corrected chi connectivity index (χ1v) is 5.83. The minimum Gasteiger partial charge on any atom is -0.320 e. The molecule has 1 unspecified atom stereocenters. The zero-order chi connectivity index (χ0) is 12.2. The smallest absolute Gasteiger partial charge is 0.199 e. The zero-order valence-corrected chi connectivity index (χ0v) is 10.6. The Hall–Kier alpha value is -1.10. The molecule has 1 rings (SSSR count). The predicted molar refractivity (Wildman–Crippen MR) is 68.3 cm³/mol. The summed E-state index contributed by atoms with van der Waals surface area (Å²) in [6.07, 6.45) is 2.41. The number of hydrogen-bond donors (Lipinski definition) is 3. The van der Waals surface area contributed by atoms with E-state index in [1.54, 1.807) is 6.34 Å². The van der Waals surface area contributed by atoms with Crippen LogP contribution in [0.2, 0.25) is 0 Å². The minimum absolute atomic E-state index is 0.485. The van der Waals surface area contributed by atoms with Crippen LogP contribution in [-0.4, -0.2) is 24.6 Å². The van der Waals surface area contributed by atoms with Gasteiger partial charge in [-0.25, -0.2) is 4.99 Å². The third kappa shape index (κ3) is 4.18. The summed E-state index contributed by atoms with van der Waals surface area (Å²) in [5.74, 6) is 1.02. The number of nitrogens with two attached hydrogens (primary N) is 1. The van der Waals surface area contributed by atoms with Gasteiger partial charge in [0.2, 0.25) is 0 Å². The number of nitrogens with one attached hydrogen (secondary N) is 2. The van der Waals surface area contributed by atoms with Gasteiger partial charge in [0.15, 0.2) is 11.7 Å². The molecule has 0 spiro atoms. The fourth-order valence-electron chi connectivity index (χ4n) is 1.57. The Labute approximate surface area is 97.6 Å². The van der Waals surface area contributed by atoms with E-state index in [0.717, 1.165) is 13.0 Å². The van der Waals surface area contributed by atoms with Crippen molar-refractivity contribution in [1.29, 1.82) is 0 Å². The third-order valence-electron chi connectivity index (χ3n) is 2.17. The van der Waals surface area contributed by atoms with Gasteiger partial charge in [0.05, 0.1) is 6.34 Å². The highest BCUT2D eigenvalue weighted by Gasteiger charge is 2.28. The maximum atomic E-state index is 6.13. The van der Waals surface area contributed by atoms with E-state index in [1.807, 2.05) is 0 Å². The van der Waals surface area contributed by atoms with Gasteiger partial charge in [-0.3, -0.25) is 10.7 Å². The maximum Gasteiger partial charge on any atom is 0.199 e. The Morgan fingerprint density at radius 3 is 2.62 bits per heavy atom. The largest absolute Gasteiger partial charge is 0.320 e. The van der Waals surface area contributed by atoms with Crippen LogP contribution >= 0.6 is 0 Å². The van der Waals surface area contributed by atoms with E-state index in [9.17, 15) is 0 Å². The molecule has 1 aliphatic heterocycles. The van der Waals surface area contributed by atoms with Gasteiger partial charge in [0, 0.05) is 13.0 Å². The Kier molecular flexibility index (Phi) is 4.29. The van der Waals surface area contributed by atoms with Crippen LogP contribution < -0.4 is 16.4 Å². The molecule has 1 heterocycles. The van der Waals surface area contributed by atoms with Gasteiger partial charge in [0.25, 0.3) is 0 Å². The fraction of sp³-hybridized carbons (Fsp3) is 0.818. The standard InChI is InChI=1S/C11H23N5/c1-8(2)5-11(12)15-7-14-10(16-11)13-6-9(3)4/h7-9H,5-6,12H2,1-4H3,(H2,13,14,15,16). The van der Waals surface area contributed by atoms with Crippen molar-refractivity contribution in [2.24, 2.45) is 27.6 Å². The van der Waals surface area contributed by atoms with E-state index in [4.69, 9.17) is 5.73 Å². The van der Waals surface area contributed by atoms with Crippen molar-refractivity contribution >= 4 is 12.3 Å². The number of nitrogens with zero attached hydrogens (tertiary/aromatic N) is 2. The molecule has 1 aliphatic rings. The summed E-state index contributed by atoms with van der Waals surface area (Å²) in [5, 5.41) is 6.11. The van der Waals surface area contributed by atoms with Gasteiger partial charge in [-0.2, -0.15) is 0 Å². The highest BCUT2D eigenvalue weighted by atomic mass is 15.4. The molecule has 5 heteroatoms. The van der Waals surface area contributed by atoms with Crippen LogP contribution in [0.4, 0.5) is 0 Å². The first kappa shape index (κ1) is 13.0. The summed E-state index contributed by atoms with van der Waals surface area (Å²) in [6.45, 7) is 9.29. The van der Waals surface area contributed by atoms with Gasteiger partial charge in [-0.05, 0) is 11.8 Å². The molecule has 92 valence electrons. The van der Waals surface area contributed by atoms with Crippen LogP contribution in [0.3, 0.4) is 0 Å². The first-order valence-electron chi connectivity index (χ1n) is 5.83. The molecular formula is C11H23N5. The highest BCUT2D eigenvalue weighted by Crippen LogP contribution is 2.13. The predicted octanol–water partition coefficient (Wildman–Crippen LogP) is 0.878. The summed E-state index contributed by atoms with van der Waals surface area (Å²) in [4.78, 5) is 8.64. The molecule has 0 amide bonds. The Bertz CT molecular complexity index is 282. The number of hydrogen-bond acceptors (Lipinski definition) is 3. The molecule has 1 atom stereocenters. The van der Waals surface area contributed by atoms with Crippen molar-refractivity contribution in [2.75, 3.05) is 6.54 Å². The lowest BCUT2D eigenvalue weighted by atomic mass is 10.1. The van der Waals surface area contributed by atoms with Crippen LogP contribution in [0.5, 0.6) is 0 Å². The molecule has 0 fully saturated rings. The lowest BCUT2D eigenvalue weighted by Gasteiger charge is -2.32. The van der Waals surface area contributed by atoms with Gasteiger partial charge in [-0.1, -0.05) is 27.7 Å². The lowest BCUT2D eigenvalue weighted by Crippen LogP contribution is -2.61. The van der Waals surface area contributed by atoms with Crippen molar-refractivity contribution in [3.63, 3.8) is 0 Å². The second-order valence-electron chi connectivity index (χ2n) is 5.13. The van der Waals surface area contributed by atoms with Crippen molar-refractivity contribution in [3.8, 4) is 0 Å². The number of aliphatic imine (C=N–C) groups is 2. The third-order valence-corrected chi connectivity index (χ3v) is 2.17. The molecule has 0 aromatic carbocycles. The van der Waals surface area contributed by atoms with E-state index in [2.05, 4.69) is 48.3 Å². The molecule has 0 bridgehead atoms. The molecule has 0 saturated carbocycles. The zero-order valence-electron chi connectivity index (χ0n) is 10.6.